The van der Waals surface area contributed by atoms with Crippen LogP contribution < -0.4 is 5.73 Å². The Morgan fingerprint density at radius 3 is 2.76 bits per heavy atom. The van der Waals surface area contributed by atoms with Gasteiger partial charge in [-0.15, -0.1) is 11.3 Å². The van der Waals surface area contributed by atoms with Crippen molar-refractivity contribution in [3.05, 3.63) is 40.2 Å². The third kappa shape index (κ3) is 2.49. The summed E-state index contributed by atoms with van der Waals surface area (Å²) in [6.07, 6.45) is 0. The molecule has 17 heavy (non-hydrogen) atoms. The molecule has 1 unspecified atom stereocenters. The normalized spacial score (nSPS) is 12.7. The van der Waals surface area contributed by atoms with E-state index in [-0.39, 0.29) is 6.61 Å². The second kappa shape index (κ2) is 4.87. The SMILES string of the molecule is NC(CO)c1nc(-c2ccc(F)c(F)c2)cs1. The van der Waals surface area contributed by atoms with E-state index >= 15 is 0 Å². The Morgan fingerprint density at radius 1 is 1.35 bits per heavy atom. The molecule has 0 aliphatic heterocycles. The number of halogens is 2. The van der Waals surface area contributed by atoms with Gasteiger partial charge in [0.2, 0.25) is 0 Å². The molecule has 0 radical (unpaired) electrons. The van der Waals surface area contributed by atoms with E-state index in [1.807, 2.05) is 0 Å². The minimum absolute atomic E-state index is 0.204. The molecule has 1 atom stereocenters. The van der Waals surface area contributed by atoms with Crippen LogP contribution in [0.15, 0.2) is 23.6 Å². The van der Waals surface area contributed by atoms with E-state index in [1.54, 1.807) is 5.38 Å². The molecule has 1 aromatic carbocycles. The third-order valence-electron chi connectivity index (χ3n) is 2.25. The van der Waals surface area contributed by atoms with Crippen molar-refractivity contribution in [2.45, 2.75) is 6.04 Å². The van der Waals surface area contributed by atoms with E-state index in [4.69, 9.17) is 10.8 Å². The minimum atomic E-state index is -0.913. The summed E-state index contributed by atoms with van der Waals surface area (Å²) in [5.74, 6) is -1.81. The van der Waals surface area contributed by atoms with Crippen molar-refractivity contribution in [2.24, 2.45) is 5.73 Å². The lowest BCUT2D eigenvalue weighted by Gasteiger charge is -2.02. The molecule has 0 amide bonds. The number of aliphatic hydroxyl groups is 1. The Morgan fingerprint density at radius 2 is 2.12 bits per heavy atom. The molecule has 6 heteroatoms. The van der Waals surface area contributed by atoms with Crippen LogP contribution >= 0.6 is 11.3 Å². The lowest BCUT2D eigenvalue weighted by Crippen LogP contribution is -2.13. The quantitative estimate of drug-likeness (QED) is 0.884. The monoisotopic (exact) mass is 256 g/mol. The van der Waals surface area contributed by atoms with Crippen LogP contribution in [0.2, 0.25) is 0 Å². The van der Waals surface area contributed by atoms with Gasteiger partial charge in [0.1, 0.15) is 5.01 Å². The zero-order valence-corrected chi connectivity index (χ0v) is 9.55. The first kappa shape index (κ1) is 12.1. The Balaban J connectivity index is 2.33. The number of thiazole rings is 1. The first-order chi connectivity index (χ1) is 8.11. The smallest absolute Gasteiger partial charge is 0.159 e. The van der Waals surface area contributed by atoms with Crippen LogP contribution in [0.25, 0.3) is 11.3 Å². The summed E-state index contributed by atoms with van der Waals surface area (Å²) < 4.78 is 25.8. The minimum Gasteiger partial charge on any atom is -0.394 e. The van der Waals surface area contributed by atoms with Crippen molar-refractivity contribution in [3.8, 4) is 11.3 Å². The molecule has 0 aliphatic carbocycles. The van der Waals surface area contributed by atoms with Gasteiger partial charge in [-0.25, -0.2) is 13.8 Å². The molecule has 3 N–H and O–H groups in total. The van der Waals surface area contributed by atoms with Crippen LogP contribution in [0.4, 0.5) is 8.78 Å². The Bertz CT molecular complexity index is 530. The van der Waals surface area contributed by atoms with Crippen molar-refractivity contribution in [2.75, 3.05) is 6.61 Å². The van der Waals surface area contributed by atoms with Gasteiger partial charge in [0.05, 0.1) is 18.3 Å². The van der Waals surface area contributed by atoms with E-state index in [0.29, 0.717) is 16.3 Å². The number of hydrogen-bond donors (Lipinski definition) is 2. The summed E-state index contributed by atoms with van der Waals surface area (Å²) in [4.78, 5) is 4.17. The van der Waals surface area contributed by atoms with E-state index in [1.165, 1.54) is 17.4 Å². The average molecular weight is 256 g/mol. The molecule has 0 aliphatic rings. The highest BCUT2D eigenvalue weighted by atomic mass is 32.1. The Kier molecular flexibility index (Phi) is 3.46. The molecule has 3 nitrogen and oxygen atoms in total. The fourth-order valence-electron chi connectivity index (χ4n) is 1.32. The zero-order valence-electron chi connectivity index (χ0n) is 8.73. The number of nitrogens with zero attached hydrogens (tertiary/aromatic N) is 1. The summed E-state index contributed by atoms with van der Waals surface area (Å²) in [6, 6.07) is 3.04. The standard InChI is InChI=1S/C11H10F2N2OS/c12-7-2-1-6(3-8(7)13)10-5-17-11(15-10)9(14)4-16/h1-3,5,9,16H,4,14H2. The maximum Gasteiger partial charge on any atom is 0.159 e. The maximum atomic E-state index is 13.0. The van der Waals surface area contributed by atoms with Crippen molar-refractivity contribution in [3.63, 3.8) is 0 Å². The first-order valence-corrected chi connectivity index (χ1v) is 5.77. The van der Waals surface area contributed by atoms with E-state index in [2.05, 4.69) is 4.98 Å². The molecule has 0 spiro atoms. The number of hydrogen-bond acceptors (Lipinski definition) is 4. The topological polar surface area (TPSA) is 59.1 Å². The molecule has 90 valence electrons. The summed E-state index contributed by atoms with van der Waals surface area (Å²) in [6.45, 7) is -0.204. The first-order valence-electron chi connectivity index (χ1n) is 4.89. The van der Waals surface area contributed by atoms with Crippen molar-refractivity contribution in [1.82, 2.24) is 4.98 Å². The van der Waals surface area contributed by atoms with Gasteiger partial charge < -0.3 is 10.8 Å². The van der Waals surface area contributed by atoms with Gasteiger partial charge in [0.25, 0.3) is 0 Å². The second-order valence-electron chi connectivity index (χ2n) is 3.49. The molecule has 0 bridgehead atoms. The van der Waals surface area contributed by atoms with Crippen molar-refractivity contribution >= 4 is 11.3 Å². The predicted molar refractivity (Wildman–Crippen MR) is 61.5 cm³/mol. The highest BCUT2D eigenvalue weighted by Gasteiger charge is 2.12. The fourth-order valence-corrected chi connectivity index (χ4v) is 2.15. The highest BCUT2D eigenvalue weighted by molar-refractivity contribution is 7.10. The number of aromatic nitrogens is 1. The van der Waals surface area contributed by atoms with Crippen LogP contribution in [0.5, 0.6) is 0 Å². The number of nitrogens with two attached hydrogens (primary N) is 1. The largest absolute Gasteiger partial charge is 0.394 e. The van der Waals surface area contributed by atoms with Crippen LogP contribution in [0, 0.1) is 11.6 Å². The van der Waals surface area contributed by atoms with Gasteiger partial charge in [0.15, 0.2) is 11.6 Å². The Hall–Kier alpha value is -1.37. The van der Waals surface area contributed by atoms with Crippen molar-refractivity contribution in [1.29, 1.82) is 0 Å². The molecule has 0 fully saturated rings. The van der Waals surface area contributed by atoms with Crippen LogP contribution in [-0.2, 0) is 0 Å². The molecule has 0 saturated carbocycles. The molecule has 2 rings (SSSR count). The summed E-state index contributed by atoms with van der Waals surface area (Å²) in [5, 5.41) is 11.1. The zero-order chi connectivity index (χ0) is 12.4. The molecule has 2 aromatic rings. The summed E-state index contributed by atoms with van der Waals surface area (Å²) >= 11 is 1.27. The van der Waals surface area contributed by atoms with Crippen LogP contribution in [-0.4, -0.2) is 16.7 Å². The van der Waals surface area contributed by atoms with Crippen molar-refractivity contribution < 1.29 is 13.9 Å². The van der Waals surface area contributed by atoms with Gasteiger partial charge in [-0.1, -0.05) is 0 Å². The van der Waals surface area contributed by atoms with Gasteiger partial charge in [0, 0.05) is 10.9 Å². The lowest BCUT2D eigenvalue weighted by atomic mass is 10.1. The average Bonchev–Trinajstić information content (AvgIpc) is 2.81. The fraction of sp³-hybridized carbons (Fsp3) is 0.182. The number of rotatable bonds is 3. The molecular weight excluding hydrogens is 246 g/mol. The van der Waals surface area contributed by atoms with E-state index in [9.17, 15) is 8.78 Å². The molecule has 1 heterocycles. The molecule has 1 aromatic heterocycles. The predicted octanol–water partition coefficient (Wildman–Crippen LogP) is 2.08. The van der Waals surface area contributed by atoms with Gasteiger partial charge >= 0.3 is 0 Å². The number of aliphatic hydroxyl groups excluding tert-OH is 1. The van der Waals surface area contributed by atoms with Gasteiger partial charge in [-0.2, -0.15) is 0 Å². The molecular formula is C11H10F2N2OS. The summed E-state index contributed by atoms with van der Waals surface area (Å²) in [5.41, 5.74) is 6.61. The van der Waals surface area contributed by atoms with E-state index in [0.717, 1.165) is 12.1 Å². The second-order valence-corrected chi connectivity index (χ2v) is 4.38. The van der Waals surface area contributed by atoms with Crippen LogP contribution in [0.1, 0.15) is 11.0 Å². The molecule has 0 saturated heterocycles. The van der Waals surface area contributed by atoms with Gasteiger partial charge in [-0.05, 0) is 18.2 Å². The highest BCUT2D eigenvalue weighted by Crippen LogP contribution is 2.25. The number of benzene rings is 1. The Labute approximate surface area is 101 Å². The van der Waals surface area contributed by atoms with E-state index < -0.39 is 17.7 Å². The van der Waals surface area contributed by atoms with Crippen LogP contribution in [0.3, 0.4) is 0 Å². The van der Waals surface area contributed by atoms with Gasteiger partial charge in [-0.3, -0.25) is 0 Å². The summed E-state index contributed by atoms with van der Waals surface area (Å²) in [7, 11) is 0. The maximum absolute atomic E-state index is 13.0. The third-order valence-corrected chi connectivity index (χ3v) is 3.23. The lowest BCUT2D eigenvalue weighted by molar-refractivity contribution is 0.268.